The highest BCUT2D eigenvalue weighted by Crippen LogP contribution is 2.36. The van der Waals surface area contributed by atoms with Crippen molar-refractivity contribution in [3.05, 3.63) is 0 Å². The van der Waals surface area contributed by atoms with Gasteiger partial charge in [0.2, 0.25) is 0 Å². The average molecular weight is 354 g/mol. The highest BCUT2D eigenvalue weighted by Gasteiger charge is 2.33. The molecule has 0 spiro atoms. The van der Waals surface area contributed by atoms with Gasteiger partial charge in [0.1, 0.15) is 0 Å². The summed E-state index contributed by atoms with van der Waals surface area (Å²) in [4.78, 5) is 0. The van der Waals surface area contributed by atoms with Gasteiger partial charge in [0.15, 0.2) is 0 Å². The lowest BCUT2D eigenvalue weighted by Gasteiger charge is -2.40. The number of hydrogen-bond acceptors (Lipinski definition) is 1. The molecule has 0 amide bonds. The van der Waals surface area contributed by atoms with Crippen molar-refractivity contribution in [2.24, 2.45) is 35.0 Å². The fraction of sp³-hybridized carbons (Fsp3) is 1.00. The van der Waals surface area contributed by atoms with Crippen molar-refractivity contribution >= 4 is 0 Å². The Morgan fingerprint density at radius 3 is 1.92 bits per heavy atom. The number of rotatable bonds is 14. The van der Waals surface area contributed by atoms with E-state index in [4.69, 9.17) is 0 Å². The van der Waals surface area contributed by atoms with Gasteiger partial charge < -0.3 is 5.32 Å². The molecular formula is C24H51N. The van der Waals surface area contributed by atoms with Crippen LogP contribution >= 0.6 is 0 Å². The molecule has 0 aliphatic carbocycles. The summed E-state index contributed by atoms with van der Waals surface area (Å²) in [6, 6.07) is 0.604. The van der Waals surface area contributed by atoms with Crippen molar-refractivity contribution in [2.45, 2.75) is 114 Å². The summed E-state index contributed by atoms with van der Waals surface area (Å²) in [5, 5.41) is 3.85. The maximum Gasteiger partial charge on any atom is 0.00949 e. The van der Waals surface area contributed by atoms with Crippen LogP contribution in [-0.4, -0.2) is 12.6 Å². The Kier molecular flexibility index (Phi) is 12.3. The van der Waals surface area contributed by atoms with Crippen LogP contribution in [-0.2, 0) is 0 Å². The normalized spacial score (nSPS) is 19.7. The van der Waals surface area contributed by atoms with Gasteiger partial charge in [-0.3, -0.25) is 0 Å². The molecule has 0 bridgehead atoms. The largest absolute Gasteiger partial charge is 0.314 e. The predicted molar refractivity (Wildman–Crippen MR) is 116 cm³/mol. The fourth-order valence-electron chi connectivity index (χ4n) is 4.43. The first kappa shape index (κ1) is 25.0. The Labute approximate surface area is 161 Å². The van der Waals surface area contributed by atoms with Crippen molar-refractivity contribution < 1.29 is 0 Å². The van der Waals surface area contributed by atoms with E-state index in [0.717, 1.165) is 29.6 Å². The lowest BCUT2D eigenvalue weighted by Crippen LogP contribution is -2.45. The Bertz CT molecular complexity index is 322. The number of hydrogen-bond donors (Lipinski definition) is 1. The molecule has 152 valence electrons. The lowest BCUT2D eigenvalue weighted by atomic mass is 9.69. The molecule has 1 N–H and O–H groups in total. The maximum absolute atomic E-state index is 3.85. The number of nitrogens with one attached hydrogen (secondary N) is 1. The van der Waals surface area contributed by atoms with Crippen LogP contribution in [0.3, 0.4) is 0 Å². The monoisotopic (exact) mass is 353 g/mol. The Morgan fingerprint density at radius 2 is 1.48 bits per heavy atom. The summed E-state index contributed by atoms with van der Waals surface area (Å²) in [7, 11) is 0. The first-order valence-corrected chi connectivity index (χ1v) is 11.3. The Balaban J connectivity index is 4.25. The van der Waals surface area contributed by atoms with E-state index < -0.39 is 0 Å². The molecule has 0 aromatic heterocycles. The summed E-state index contributed by atoms with van der Waals surface area (Å²) in [5.74, 6) is 4.19. The zero-order valence-electron chi connectivity index (χ0n) is 19.4. The lowest BCUT2D eigenvalue weighted by molar-refractivity contribution is 0.127. The van der Waals surface area contributed by atoms with Gasteiger partial charge in [0.05, 0.1) is 0 Å². The minimum Gasteiger partial charge on any atom is -0.314 e. The van der Waals surface area contributed by atoms with Crippen molar-refractivity contribution in [3.63, 3.8) is 0 Å². The molecule has 0 aromatic rings. The van der Waals surface area contributed by atoms with Crippen LogP contribution in [0.4, 0.5) is 0 Å². The average Bonchev–Trinajstić information content (AvgIpc) is 2.55. The minimum atomic E-state index is 0.417. The topological polar surface area (TPSA) is 12.0 Å². The van der Waals surface area contributed by atoms with Crippen LogP contribution < -0.4 is 5.32 Å². The van der Waals surface area contributed by atoms with E-state index in [1.54, 1.807) is 0 Å². The molecule has 0 radical (unpaired) electrons. The van der Waals surface area contributed by atoms with Gasteiger partial charge in [-0.1, -0.05) is 68.7 Å². The summed E-state index contributed by atoms with van der Waals surface area (Å²) >= 11 is 0. The van der Waals surface area contributed by atoms with Gasteiger partial charge in [-0.25, -0.2) is 0 Å². The molecular weight excluding hydrogens is 302 g/mol. The third-order valence-electron chi connectivity index (χ3n) is 7.24. The molecule has 25 heavy (non-hydrogen) atoms. The molecule has 0 saturated heterocycles. The van der Waals surface area contributed by atoms with Crippen molar-refractivity contribution in [1.82, 2.24) is 5.32 Å². The second kappa shape index (κ2) is 12.4. The van der Waals surface area contributed by atoms with Crippen molar-refractivity contribution in [3.8, 4) is 0 Å². The second-order valence-electron chi connectivity index (χ2n) is 9.96. The molecule has 5 unspecified atom stereocenters. The zero-order chi connectivity index (χ0) is 19.6. The molecule has 5 atom stereocenters. The van der Waals surface area contributed by atoms with Crippen molar-refractivity contribution in [1.29, 1.82) is 0 Å². The van der Waals surface area contributed by atoms with Crippen LogP contribution in [0.15, 0.2) is 0 Å². The van der Waals surface area contributed by atoms with Gasteiger partial charge in [-0.15, -0.1) is 0 Å². The van der Waals surface area contributed by atoms with Gasteiger partial charge in [0, 0.05) is 6.04 Å². The molecule has 0 aliphatic rings. The fourth-order valence-corrected chi connectivity index (χ4v) is 4.43. The third-order valence-corrected chi connectivity index (χ3v) is 7.24. The molecule has 0 heterocycles. The summed E-state index contributed by atoms with van der Waals surface area (Å²) in [6.45, 7) is 25.2. The van der Waals surface area contributed by atoms with E-state index in [0.29, 0.717) is 11.5 Å². The Morgan fingerprint density at radius 1 is 0.880 bits per heavy atom. The molecule has 0 rings (SSSR count). The SMILES string of the molecule is CCC(C)C(C)(CC)C(C)NCCCC(C)CC(CC(C)C)C(C)C. The van der Waals surface area contributed by atoms with E-state index in [-0.39, 0.29) is 0 Å². The standard InChI is InChI=1S/C24H51N/c1-11-21(8)24(10,12-2)22(9)25-15-13-14-20(7)17-23(19(5)6)16-18(3)4/h18-23,25H,11-17H2,1-10H3. The van der Waals surface area contributed by atoms with E-state index in [9.17, 15) is 0 Å². The first-order chi connectivity index (χ1) is 11.6. The zero-order valence-corrected chi connectivity index (χ0v) is 19.4. The van der Waals surface area contributed by atoms with Gasteiger partial charge in [0.25, 0.3) is 0 Å². The minimum absolute atomic E-state index is 0.417. The maximum atomic E-state index is 3.85. The van der Waals surface area contributed by atoms with Gasteiger partial charge in [-0.2, -0.15) is 0 Å². The first-order valence-electron chi connectivity index (χ1n) is 11.3. The van der Waals surface area contributed by atoms with Crippen molar-refractivity contribution in [2.75, 3.05) is 6.54 Å². The van der Waals surface area contributed by atoms with E-state index in [1.807, 2.05) is 0 Å². The smallest absolute Gasteiger partial charge is 0.00949 e. The molecule has 0 saturated carbocycles. The van der Waals surface area contributed by atoms with Crippen LogP contribution in [0.25, 0.3) is 0 Å². The molecule has 0 fully saturated rings. The Hall–Kier alpha value is -0.0400. The molecule has 1 nitrogen and oxygen atoms in total. The quantitative estimate of drug-likeness (QED) is 0.318. The summed E-state index contributed by atoms with van der Waals surface area (Å²) in [6.07, 6.45) is 8.02. The third kappa shape index (κ3) is 8.94. The van der Waals surface area contributed by atoms with Crippen LogP contribution in [0.1, 0.15) is 108 Å². The van der Waals surface area contributed by atoms with Gasteiger partial charge >= 0.3 is 0 Å². The molecule has 0 aliphatic heterocycles. The predicted octanol–water partition coefficient (Wildman–Crippen LogP) is 7.55. The van der Waals surface area contributed by atoms with E-state index in [2.05, 4.69) is 74.6 Å². The highest BCUT2D eigenvalue weighted by atomic mass is 14.9. The van der Waals surface area contributed by atoms with Crippen LogP contribution in [0.5, 0.6) is 0 Å². The summed E-state index contributed by atoms with van der Waals surface area (Å²) in [5.41, 5.74) is 0.417. The van der Waals surface area contributed by atoms with E-state index >= 15 is 0 Å². The van der Waals surface area contributed by atoms with Crippen LogP contribution in [0, 0.1) is 35.0 Å². The van der Waals surface area contributed by atoms with E-state index in [1.165, 1.54) is 45.1 Å². The second-order valence-corrected chi connectivity index (χ2v) is 9.96. The summed E-state index contributed by atoms with van der Waals surface area (Å²) < 4.78 is 0. The molecule has 1 heteroatoms. The van der Waals surface area contributed by atoms with Gasteiger partial charge in [-0.05, 0) is 80.6 Å². The molecule has 0 aromatic carbocycles. The highest BCUT2D eigenvalue weighted by molar-refractivity contribution is 4.87. The van der Waals surface area contributed by atoms with Crippen LogP contribution in [0.2, 0.25) is 0 Å².